The van der Waals surface area contributed by atoms with Gasteiger partial charge in [-0.3, -0.25) is 0 Å². The summed E-state index contributed by atoms with van der Waals surface area (Å²) in [5, 5.41) is 0. The molecule has 0 nitrogen and oxygen atoms in total. The molecule has 0 aromatic heterocycles. The maximum absolute atomic E-state index is 2.27. The van der Waals surface area contributed by atoms with Crippen LogP contribution >= 0.6 is 0 Å². The number of hydrogen-bond donors (Lipinski definition) is 0. The van der Waals surface area contributed by atoms with E-state index in [-0.39, 0.29) is 0 Å². The molecule has 2 rings (SSSR count). The van der Waals surface area contributed by atoms with Crippen LogP contribution in [0.4, 0.5) is 0 Å². The number of benzene rings is 1. The summed E-state index contributed by atoms with van der Waals surface area (Å²) in [6, 6.07) is 8.70. The van der Waals surface area contributed by atoms with E-state index in [2.05, 4.69) is 50.3 Å². The molecule has 1 aliphatic rings. The minimum Gasteiger partial charge on any atom is -0.0842 e. The molecule has 72 valence electrons. The van der Waals surface area contributed by atoms with Gasteiger partial charge in [0.2, 0.25) is 0 Å². The molecule has 0 N–H and O–H groups in total. The summed E-state index contributed by atoms with van der Waals surface area (Å²) in [6.07, 6.45) is 6.74. The predicted octanol–water partition coefficient (Wildman–Crippen LogP) is 3.98. The van der Waals surface area contributed by atoms with Crippen LogP contribution in [0.5, 0.6) is 0 Å². The van der Waals surface area contributed by atoms with Gasteiger partial charge in [-0.2, -0.15) is 0 Å². The summed E-state index contributed by atoms with van der Waals surface area (Å²) in [5.74, 6) is 0. The molecule has 0 heteroatoms. The Hall–Kier alpha value is -1.30. The third-order valence-electron chi connectivity index (χ3n) is 2.74. The predicted molar refractivity (Wildman–Crippen MR) is 62.2 cm³/mol. The average molecular weight is 184 g/mol. The molecule has 14 heavy (non-hydrogen) atoms. The van der Waals surface area contributed by atoms with E-state index in [1.165, 1.54) is 22.3 Å². The summed E-state index contributed by atoms with van der Waals surface area (Å²) in [6.45, 7) is 4.41. The molecular weight excluding hydrogens is 168 g/mol. The Bertz CT molecular complexity index is 394. The second-order valence-corrected chi connectivity index (χ2v) is 3.84. The van der Waals surface area contributed by atoms with Crippen LogP contribution in [0.1, 0.15) is 31.4 Å². The minimum atomic E-state index is 1.11. The maximum atomic E-state index is 2.27. The van der Waals surface area contributed by atoms with Crippen molar-refractivity contribution in [1.29, 1.82) is 0 Å². The lowest BCUT2D eigenvalue weighted by Gasteiger charge is -1.99. The van der Waals surface area contributed by atoms with Gasteiger partial charge in [-0.25, -0.2) is 0 Å². The molecule has 1 aromatic carbocycles. The molecule has 0 bridgehead atoms. The van der Waals surface area contributed by atoms with Crippen LogP contribution in [0.15, 0.2) is 42.0 Å². The average Bonchev–Trinajstić information content (AvgIpc) is 2.51. The molecular formula is C14H16. The van der Waals surface area contributed by atoms with Crippen molar-refractivity contribution in [2.45, 2.75) is 26.7 Å². The highest BCUT2D eigenvalue weighted by atomic mass is 14.2. The summed E-state index contributed by atoms with van der Waals surface area (Å²) < 4.78 is 0. The lowest BCUT2D eigenvalue weighted by molar-refractivity contribution is 1.19. The molecule has 1 aliphatic carbocycles. The molecule has 0 unspecified atom stereocenters. The molecule has 0 saturated carbocycles. The molecule has 0 saturated heterocycles. The van der Waals surface area contributed by atoms with E-state index in [1.54, 1.807) is 0 Å². The topological polar surface area (TPSA) is 0 Å². The highest BCUT2D eigenvalue weighted by molar-refractivity contribution is 5.82. The van der Waals surface area contributed by atoms with E-state index in [0.717, 1.165) is 12.8 Å². The van der Waals surface area contributed by atoms with Gasteiger partial charge in [0.05, 0.1) is 0 Å². The fraction of sp³-hybridized carbons (Fsp3) is 0.286. The Kier molecular flexibility index (Phi) is 2.53. The zero-order valence-corrected chi connectivity index (χ0v) is 8.88. The monoisotopic (exact) mass is 184 g/mol. The molecule has 0 amide bonds. The van der Waals surface area contributed by atoms with Gasteiger partial charge in [0.25, 0.3) is 0 Å². The minimum absolute atomic E-state index is 1.11. The van der Waals surface area contributed by atoms with Gasteiger partial charge in [0, 0.05) is 0 Å². The summed E-state index contributed by atoms with van der Waals surface area (Å²) in [4.78, 5) is 0. The lowest BCUT2D eigenvalue weighted by Crippen LogP contribution is -1.80. The smallest absolute Gasteiger partial charge is 0.00545 e. The number of allylic oxidation sites excluding steroid dienone is 4. The van der Waals surface area contributed by atoms with Crippen LogP contribution in [-0.2, 0) is 6.42 Å². The van der Waals surface area contributed by atoms with Gasteiger partial charge >= 0.3 is 0 Å². The summed E-state index contributed by atoms with van der Waals surface area (Å²) in [7, 11) is 0. The maximum Gasteiger partial charge on any atom is -0.00545 e. The van der Waals surface area contributed by atoms with E-state index >= 15 is 0 Å². The molecule has 0 aliphatic heterocycles. The Morgan fingerprint density at radius 3 is 2.86 bits per heavy atom. The van der Waals surface area contributed by atoms with Crippen LogP contribution in [0, 0.1) is 0 Å². The second-order valence-electron chi connectivity index (χ2n) is 3.84. The summed E-state index contributed by atoms with van der Waals surface area (Å²) in [5.41, 5.74) is 5.83. The van der Waals surface area contributed by atoms with Crippen molar-refractivity contribution in [2.24, 2.45) is 0 Å². The standard InChI is InChI=1S/C14H16/c1-3-4-8-13-11(2)10-12-7-5-6-9-14(12)13/h4-9H,3,10H2,1-2H3/b8-4-. The van der Waals surface area contributed by atoms with Crippen LogP contribution in [0.3, 0.4) is 0 Å². The van der Waals surface area contributed by atoms with E-state index in [9.17, 15) is 0 Å². The van der Waals surface area contributed by atoms with Crippen LogP contribution < -0.4 is 0 Å². The zero-order valence-electron chi connectivity index (χ0n) is 8.88. The van der Waals surface area contributed by atoms with Crippen molar-refractivity contribution in [2.75, 3.05) is 0 Å². The van der Waals surface area contributed by atoms with Gasteiger partial charge < -0.3 is 0 Å². The highest BCUT2D eigenvalue weighted by Gasteiger charge is 2.15. The molecule has 0 radical (unpaired) electrons. The van der Waals surface area contributed by atoms with E-state index < -0.39 is 0 Å². The van der Waals surface area contributed by atoms with E-state index in [0.29, 0.717) is 0 Å². The highest BCUT2D eigenvalue weighted by Crippen LogP contribution is 2.33. The van der Waals surface area contributed by atoms with E-state index in [4.69, 9.17) is 0 Å². The fourth-order valence-electron chi connectivity index (χ4n) is 2.02. The number of fused-ring (bicyclic) bond motifs is 1. The van der Waals surface area contributed by atoms with Gasteiger partial charge in [-0.05, 0) is 36.5 Å². The molecule has 0 fully saturated rings. The Balaban J connectivity index is 2.41. The quantitative estimate of drug-likeness (QED) is 0.652. The first-order valence-electron chi connectivity index (χ1n) is 5.27. The van der Waals surface area contributed by atoms with E-state index in [1.807, 2.05) is 0 Å². The first-order valence-corrected chi connectivity index (χ1v) is 5.27. The number of rotatable bonds is 2. The Morgan fingerprint density at radius 2 is 2.07 bits per heavy atom. The van der Waals surface area contributed by atoms with Crippen molar-refractivity contribution in [3.8, 4) is 0 Å². The molecule has 0 atom stereocenters. The molecule has 1 aromatic rings. The largest absolute Gasteiger partial charge is 0.0842 e. The Morgan fingerprint density at radius 1 is 1.29 bits per heavy atom. The molecule has 0 spiro atoms. The molecule has 0 heterocycles. The van der Waals surface area contributed by atoms with Crippen LogP contribution in [-0.4, -0.2) is 0 Å². The normalized spacial score (nSPS) is 15.3. The van der Waals surface area contributed by atoms with Gasteiger partial charge in [-0.15, -0.1) is 0 Å². The third kappa shape index (κ3) is 1.52. The summed E-state index contributed by atoms with van der Waals surface area (Å²) >= 11 is 0. The second kappa shape index (κ2) is 3.83. The zero-order chi connectivity index (χ0) is 9.97. The van der Waals surface area contributed by atoms with Crippen LogP contribution in [0.25, 0.3) is 5.57 Å². The van der Waals surface area contributed by atoms with Crippen molar-refractivity contribution in [3.63, 3.8) is 0 Å². The lowest BCUT2D eigenvalue weighted by atomic mass is 10.1. The Labute approximate surface area is 86.0 Å². The number of hydrogen-bond acceptors (Lipinski definition) is 0. The third-order valence-corrected chi connectivity index (χ3v) is 2.74. The van der Waals surface area contributed by atoms with Gasteiger partial charge in [-0.1, -0.05) is 48.9 Å². The van der Waals surface area contributed by atoms with Gasteiger partial charge in [0.1, 0.15) is 0 Å². The van der Waals surface area contributed by atoms with Crippen molar-refractivity contribution in [1.82, 2.24) is 0 Å². The SMILES string of the molecule is CC/C=C\C1=C(C)Cc2ccccc21. The first kappa shape index (κ1) is 9.26. The van der Waals surface area contributed by atoms with Crippen molar-refractivity contribution < 1.29 is 0 Å². The van der Waals surface area contributed by atoms with Crippen molar-refractivity contribution >= 4 is 5.57 Å². The fourth-order valence-corrected chi connectivity index (χ4v) is 2.02. The van der Waals surface area contributed by atoms with Gasteiger partial charge in [0.15, 0.2) is 0 Å². The van der Waals surface area contributed by atoms with Crippen molar-refractivity contribution in [3.05, 3.63) is 53.1 Å². The first-order chi connectivity index (χ1) is 6.83. The van der Waals surface area contributed by atoms with Crippen LogP contribution in [0.2, 0.25) is 0 Å².